The van der Waals surface area contributed by atoms with E-state index < -0.39 is 36.9 Å². The molecule has 0 aromatic rings. The van der Waals surface area contributed by atoms with Gasteiger partial charge in [0, 0.05) is 0 Å². The Morgan fingerprint density at radius 2 is 0.788 bits per heavy atom. The Labute approximate surface area is 323 Å². The van der Waals surface area contributed by atoms with Crippen molar-refractivity contribution in [2.24, 2.45) is 0 Å². The SMILES string of the molecule is CCCCC/C=C/CCCC(O)C(O)C(CO)NC(=O)C(O)CCCCCCCCCCCCCCCCCCCCCCCCCCCCCC. The molecule has 0 aliphatic heterocycles. The van der Waals surface area contributed by atoms with Crippen molar-refractivity contribution in [3.05, 3.63) is 12.2 Å². The van der Waals surface area contributed by atoms with Crippen LogP contribution in [0.5, 0.6) is 0 Å². The number of hydrogen-bond acceptors (Lipinski definition) is 5. The van der Waals surface area contributed by atoms with Crippen LogP contribution in [0.2, 0.25) is 0 Å². The van der Waals surface area contributed by atoms with Crippen LogP contribution in [0, 0.1) is 0 Å². The quantitative estimate of drug-likeness (QED) is 0.0316. The summed E-state index contributed by atoms with van der Waals surface area (Å²) in [5, 5.41) is 43.4. The fourth-order valence-electron chi connectivity index (χ4n) is 7.29. The molecule has 0 saturated heterocycles. The smallest absolute Gasteiger partial charge is 0.249 e. The lowest BCUT2D eigenvalue weighted by Gasteiger charge is -2.27. The van der Waals surface area contributed by atoms with Crippen LogP contribution in [-0.4, -0.2) is 57.3 Å². The maximum absolute atomic E-state index is 12.5. The third-order valence-electron chi connectivity index (χ3n) is 11.0. The summed E-state index contributed by atoms with van der Waals surface area (Å²) in [6, 6.07) is -0.995. The molecule has 0 aliphatic carbocycles. The Morgan fingerprint density at radius 3 is 1.15 bits per heavy atom. The highest BCUT2D eigenvalue weighted by Gasteiger charge is 2.28. The van der Waals surface area contributed by atoms with E-state index in [1.54, 1.807) is 0 Å². The number of aliphatic hydroxyl groups is 4. The maximum atomic E-state index is 12.5. The Hall–Kier alpha value is -0.950. The number of carbonyl (C=O) groups excluding carboxylic acids is 1. The lowest BCUT2D eigenvalue weighted by Crippen LogP contribution is -2.53. The van der Waals surface area contributed by atoms with Crippen molar-refractivity contribution in [3.8, 4) is 0 Å². The number of allylic oxidation sites excluding steroid dienone is 2. The van der Waals surface area contributed by atoms with Crippen molar-refractivity contribution >= 4 is 5.91 Å². The minimum atomic E-state index is -1.27. The molecule has 0 fully saturated rings. The van der Waals surface area contributed by atoms with Crippen LogP contribution in [0.1, 0.15) is 245 Å². The van der Waals surface area contributed by atoms with Crippen LogP contribution in [0.3, 0.4) is 0 Å². The molecule has 0 aromatic heterocycles. The van der Waals surface area contributed by atoms with E-state index in [-0.39, 0.29) is 0 Å². The van der Waals surface area contributed by atoms with E-state index >= 15 is 0 Å². The highest BCUT2D eigenvalue weighted by molar-refractivity contribution is 5.80. The van der Waals surface area contributed by atoms with Gasteiger partial charge < -0.3 is 25.7 Å². The summed E-state index contributed by atoms with van der Waals surface area (Å²) in [7, 11) is 0. The average Bonchev–Trinajstić information content (AvgIpc) is 3.15. The van der Waals surface area contributed by atoms with E-state index in [1.165, 1.54) is 180 Å². The van der Waals surface area contributed by atoms with E-state index in [1.807, 2.05) is 0 Å². The second-order valence-corrected chi connectivity index (χ2v) is 16.1. The highest BCUT2D eigenvalue weighted by atomic mass is 16.3. The van der Waals surface area contributed by atoms with Crippen LogP contribution < -0.4 is 5.32 Å². The Balaban J connectivity index is 3.54. The third kappa shape index (κ3) is 34.8. The van der Waals surface area contributed by atoms with Crippen LogP contribution in [0.15, 0.2) is 12.2 Å². The number of unbranched alkanes of at least 4 members (excludes halogenated alkanes) is 31. The van der Waals surface area contributed by atoms with Gasteiger partial charge in [-0.3, -0.25) is 4.79 Å². The van der Waals surface area contributed by atoms with Gasteiger partial charge in [-0.25, -0.2) is 0 Å². The third-order valence-corrected chi connectivity index (χ3v) is 11.0. The molecule has 6 nitrogen and oxygen atoms in total. The molecule has 0 rings (SSSR count). The van der Waals surface area contributed by atoms with Crippen LogP contribution >= 0.6 is 0 Å². The first-order chi connectivity index (χ1) is 25.5. The summed E-state index contributed by atoms with van der Waals surface area (Å²) in [6.07, 6.45) is 45.8. The molecular weight excluding hydrogens is 647 g/mol. The van der Waals surface area contributed by atoms with Crippen molar-refractivity contribution in [2.45, 2.75) is 269 Å². The van der Waals surface area contributed by atoms with Crippen molar-refractivity contribution in [1.29, 1.82) is 0 Å². The Kier molecular flexibility index (Phi) is 40.5. The second kappa shape index (κ2) is 41.2. The average molecular weight is 738 g/mol. The highest BCUT2D eigenvalue weighted by Crippen LogP contribution is 2.17. The molecule has 0 bridgehead atoms. The van der Waals surface area contributed by atoms with Gasteiger partial charge in [-0.05, 0) is 38.5 Å². The van der Waals surface area contributed by atoms with Gasteiger partial charge in [0.25, 0.3) is 0 Å². The van der Waals surface area contributed by atoms with E-state index in [9.17, 15) is 25.2 Å². The van der Waals surface area contributed by atoms with E-state index in [2.05, 4.69) is 31.3 Å². The number of amides is 1. The van der Waals surface area contributed by atoms with E-state index in [0.717, 1.165) is 38.5 Å². The predicted octanol–water partition coefficient (Wildman–Crippen LogP) is 12.2. The van der Waals surface area contributed by atoms with Gasteiger partial charge in [-0.1, -0.05) is 219 Å². The summed E-state index contributed by atoms with van der Waals surface area (Å²) in [6.45, 7) is 3.99. The summed E-state index contributed by atoms with van der Waals surface area (Å²) >= 11 is 0. The summed E-state index contributed by atoms with van der Waals surface area (Å²) in [5.74, 6) is -0.592. The topological polar surface area (TPSA) is 110 Å². The fraction of sp³-hybridized carbons (Fsp3) is 0.935. The van der Waals surface area contributed by atoms with Gasteiger partial charge in [0.15, 0.2) is 0 Å². The lowest BCUT2D eigenvalue weighted by molar-refractivity contribution is -0.132. The molecule has 1 amide bonds. The summed E-state index contributed by atoms with van der Waals surface area (Å²) in [5.41, 5.74) is 0. The van der Waals surface area contributed by atoms with Gasteiger partial charge in [-0.2, -0.15) is 0 Å². The van der Waals surface area contributed by atoms with Crippen LogP contribution in [0.4, 0.5) is 0 Å². The zero-order chi connectivity index (χ0) is 38.2. The molecule has 5 N–H and O–H groups in total. The first-order valence-corrected chi connectivity index (χ1v) is 23.1. The van der Waals surface area contributed by atoms with Crippen molar-refractivity contribution in [3.63, 3.8) is 0 Å². The number of aliphatic hydroxyl groups excluding tert-OH is 4. The first-order valence-electron chi connectivity index (χ1n) is 23.1. The molecule has 4 unspecified atom stereocenters. The Morgan fingerprint density at radius 1 is 0.462 bits per heavy atom. The van der Waals surface area contributed by atoms with Crippen molar-refractivity contribution in [1.82, 2.24) is 5.32 Å². The van der Waals surface area contributed by atoms with E-state index in [4.69, 9.17) is 0 Å². The molecule has 310 valence electrons. The van der Waals surface area contributed by atoms with Crippen molar-refractivity contribution < 1.29 is 25.2 Å². The van der Waals surface area contributed by atoms with Gasteiger partial charge in [0.05, 0.1) is 18.8 Å². The van der Waals surface area contributed by atoms with Gasteiger partial charge >= 0.3 is 0 Å². The zero-order valence-electron chi connectivity index (χ0n) is 34.8. The van der Waals surface area contributed by atoms with Gasteiger partial charge in [0.2, 0.25) is 5.91 Å². The largest absolute Gasteiger partial charge is 0.394 e. The summed E-state index contributed by atoms with van der Waals surface area (Å²) < 4.78 is 0. The molecule has 52 heavy (non-hydrogen) atoms. The first kappa shape index (κ1) is 51.0. The van der Waals surface area contributed by atoms with E-state index in [0.29, 0.717) is 12.8 Å². The molecule has 0 spiro atoms. The molecule has 0 heterocycles. The normalized spacial score (nSPS) is 14.2. The molecule has 6 heteroatoms. The monoisotopic (exact) mass is 738 g/mol. The van der Waals surface area contributed by atoms with Crippen molar-refractivity contribution in [2.75, 3.05) is 6.61 Å². The maximum Gasteiger partial charge on any atom is 0.249 e. The fourth-order valence-corrected chi connectivity index (χ4v) is 7.29. The molecule has 0 radical (unpaired) electrons. The zero-order valence-corrected chi connectivity index (χ0v) is 34.8. The van der Waals surface area contributed by atoms with Crippen LogP contribution in [0.25, 0.3) is 0 Å². The molecule has 0 saturated carbocycles. The number of hydrogen-bond donors (Lipinski definition) is 5. The minimum absolute atomic E-state index is 0.368. The number of nitrogens with one attached hydrogen (secondary N) is 1. The minimum Gasteiger partial charge on any atom is -0.394 e. The molecule has 0 aliphatic rings. The lowest BCUT2D eigenvalue weighted by atomic mass is 10.00. The summed E-state index contributed by atoms with van der Waals surface area (Å²) in [4.78, 5) is 12.5. The number of carbonyl (C=O) groups is 1. The molecular formula is C46H91NO5. The second-order valence-electron chi connectivity index (χ2n) is 16.1. The molecule has 0 aromatic carbocycles. The standard InChI is InChI=1S/C46H91NO5/c1-3-5-7-9-11-13-14-15-16-17-18-19-20-21-22-23-24-25-26-27-28-29-30-31-32-34-36-38-40-44(50)46(52)47-42(41-48)45(51)43(49)39-37-35-33-12-10-8-6-4-2/h12,33,42-45,48-51H,3-11,13-32,34-41H2,1-2H3,(H,47,52)/b33-12+. The van der Waals surface area contributed by atoms with Gasteiger partial charge in [-0.15, -0.1) is 0 Å². The van der Waals surface area contributed by atoms with Crippen LogP contribution in [-0.2, 0) is 4.79 Å². The molecule has 4 atom stereocenters. The Bertz CT molecular complexity index is 746. The number of rotatable bonds is 42. The predicted molar refractivity (Wildman–Crippen MR) is 224 cm³/mol. The van der Waals surface area contributed by atoms with Gasteiger partial charge in [0.1, 0.15) is 12.2 Å².